The zero-order valence-corrected chi connectivity index (χ0v) is 13.1. The van der Waals surface area contributed by atoms with E-state index in [1.165, 1.54) is 25.3 Å². The Morgan fingerprint density at radius 2 is 1.88 bits per heavy atom. The Hall–Kier alpha value is -3.22. The summed E-state index contributed by atoms with van der Waals surface area (Å²) < 4.78 is 36.5. The van der Waals surface area contributed by atoms with Crippen molar-refractivity contribution < 1.29 is 33.0 Å². The molecule has 0 saturated heterocycles. The first kappa shape index (κ1) is 18.1. The maximum atomic E-state index is 13.6. The Labute approximate surface area is 142 Å². The van der Waals surface area contributed by atoms with Crippen LogP contribution in [0.5, 0.6) is 11.5 Å². The van der Waals surface area contributed by atoms with Crippen molar-refractivity contribution >= 4 is 17.8 Å². The second kappa shape index (κ2) is 8.05. The first-order valence-corrected chi connectivity index (χ1v) is 7.09. The lowest BCUT2D eigenvalue weighted by molar-refractivity contribution is -0.307. The molecule has 0 spiro atoms. The molecule has 0 aromatic heterocycles. The SMILES string of the molecule is COc1cc(/C=C/C(=O)c2ccc(F)cc2F)ccc1OCC(=O)[O-]. The summed E-state index contributed by atoms with van der Waals surface area (Å²) in [5.41, 5.74) is 0.284. The molecule has 2 aromatic rings. The van der Waals surface area contributed by atoms with E-state index in [2.05, 4.69) is 0 Å². The van der Waals surface area contributed by atoms with Crippen molar-refractivity contribution in [2.75, 3.05) is 13.7 Å². The van der Waals surface area contributed by atoms with Crippen molar-refractivity contribution in [3.05, 3.63) is 65.2 Å². The monoisotopic (exact) mass is 347 g/mol. The molecular formula is C18H13F2O5-. The first-order chi connectivity index (χ1) is 11.9. The van der Waals surface area contributed by atoms with Gasteiger partial charge in [-0.2, -0.15) is 0 Å². The normalized spacial score (nSPS) is 10.7. The van der Waals surface area contributed by atoms with Gasteiger partial charge in [-0.05, 0) is 35.9 Å². The summed E-state index contributed by atoms with van der Waals surface area (Å²) >= 11 is 0. The van der Waals surface area contributed by atoms with Crippen LogP contribution in [0.1, 0.15) is 15.9 Å². The molecule has 0 atom stereocenters. The van der Waals surface area contributed by atoms with Crippen LogP contribution in [0.25, 0.3) is 6.08 Å². The van der Waals surface area contributed by atoms with E-state index in [-0.39, 0.29) is 17.1 Å². The van der Waals surface area contributed by atoms with Gasteiger partial charge in [0.25, 0.3) is 0 Å². The van der Waals surface area contributed by atoms with E-state index in [0.29, 0.717) is 11.6 Å². The highest BCUT2D eigenvalue weighted by atomic mass is 19.1. The zero-order chi connectivity index (χ0) is 18.4. The molecule has 0 N–H and O–H groups in total. The van der Waals surface area contributed by atoms with Crippen molar-refractivity contribution in [3.8, 4) is 11.5 Å². The fourth-order valence-corrected chi connectivity index (χ4v) is 1.99. The molecule has 0 bridgehead atoms. The molecule has 0 amide bonds. The van der Waals surface area contributed by atoms with Gasteiger partial charge in [0, 0.05) is 6.07 Å². The molecule has 7 heteroatoms. The maximum Gasteiger partial charge on any atom is 0.188 e. The summed E-state index contributed by atoms with van der Waals surface area (Å²) in [6.07, 6.45) is 2.54. The summed E-state index contributed by atoms with van der Waals surface area (Å²) in [4.78, 5) is 22.4. The molecule has 0 aliphatic carbocycles. The minimum atomic E-state index is -1.38. The predicted molar refractivity (Wildman–Crippen MR) is 83.2 cm³/mol. The number of methoxy groups -OCH3 is 1. The average Bonchev–Trinajstić information content (AvgIpc) is 2.58. The van der Waals surface area contributed by atoms with Gasteiger partial charge in [-0.25, -0.2) is 8.78 Å². The summed E-state index contributed by atoms with van der Waals surface area (Å²) in [6, 6.07) is 7.22. The van der Waals surface area contributed by atoms with Gasteiger partial charge in [0.1, 0.15) is 18.2 Å². The van der Waals surface area contributed by atoms with Crippen LogP contribution in [0.2, 0.25) is 0 Å². The molecule has 0 heterocycles. The number of hydrogen-bond donors (Lipinski definition) is 0. The third-order valence-corrected chi connectivity index (χ3v) is 3.16. The van der Waals surface area contributed by atoms with Gasteiger partial charge in [-0.1, -0.05) is 12.1 Å². The Morgan fingerprint density at radius 1 is 1.12 bits per heavy atom. The number of carbonyl (C=O) groups is 2. The van der Waals surface area contributed by atoms with E-state index in [4.69, 9.17) is 9.47 Å². The second-order valence-corrected chi connectivity index (χ2v) is 4.89. The molecule has 2 rings (SSSR count). The van der Waals surface area contributed by atoms with Crippen molar-refractivity contribution in [2.45, 2.75) is 0 Å². The van der Waals surface area contributed by atoms with Crippen LogP contribution >= 0.6 is 0 Å². The van der Waals surface area contributed by atoms with Gasteiger partial charge in [-0.3, -0.25) is 4.79 Å². The van der Waals surface area contributed by atoms with Gasteiger partial charge < -0.3 is 19.4 Å². The molecule has 130 valence electrons. The molecule has 5 nitrogen and oxygen atoms in total. The fourth-order valence-electron chi connectivity index (χ4n) is 1.99. The number of benzene rings is 2. The molecule has 0 unspecified atom stereocenters. The molecule has 25 heavy (non-hydrogen) atoms. The summed E-state index contributed by atoms with van der Waals surface area (Å²) in [5.74, 6) is -3.27. The van der Waals surface area contributed by atoms with Crippen molar-refractivity contribution in [1.29, 1.82) is 0 Å². The summed E-state index contributed by atoms with van der Waals surface area (Å²) in [7, 11) is 1.37. The number of carbonyl (C=O) groups excluding carboxylic acids is 2. The van der Waals surface area contributed by atoms with Crippen molar-refractivity contribution in [3.63, 3.8) is 0 Å². The number of ether oxygens (including phenoxy) is 2. The van der Waals surface area contributed by atoms with Crippen LogP contribution in [0, 0.1) is 11.6 Å². The molecule has 0 saturated carbocycles. The predicted octanol–water partition coefficient (Wildman–Crippen LogP) is 2.00. The lowest BCUT2D eigenvalue weighted by atomic mass is 10.1. The molecule has 0 fully saturated rings. The zero-order valence-electron chi connectivity index (χ0n) is 13.1. The van der Waals surface area contributed by atoms with Crippen LogP contribution < -0.4 is 14.6 Å². The van der Waals surface area contributed by atoms with Crippen LogP contribution in [-0.2, 0) is 4.79 Å². The van der Waals surface area contributed by atoms with Gasteiger partial charge in [0.05, 0.1) is 18.6 Å². The minimum absolute atomic E-state index is 0.194. The average molecular weight is 347 g/mol. The Balaban J connectivity index is 2.17. The van der Waals surface area contributed by atoms with E-state index >= 15 is 0 Å². The van der Waals surface area contributed by atoms with Crippen molar-refractivity contribution in [1.82, 2.24) is 0 Å². The van der Waals surface area contributed by atoms with Gasteiger partial charge in [0.15, 0.2) is 17.3 Å². The van der Waals surface area contributed by atoms with Crippen molar-refractivity contribution in [2.24, 2.45) is 0 Å². The van der Waals surface area contributed by atoms with Crippen LogP contribution in [0.3, 0.4) is 0 Å². The molecular weight excluding hydrogens is 334 g/mol. The standard InChI is InChI=1S/C18H14F2O5/c1-24-17-8-11(3-7-16(17)25-10-18(22)23)2-6-15(21)13-5-4-12(19)9-14(13)20/h2-9H,10H2,1H3,(H,22,23)/p-1/b6-2+. The number of aliphatic carboxylic acids is 1. The number of halogens is 2. The van der Waals surface area contributed by atoms with E-state index in [9.17, 15) is 23.5 Å². The molecule has 0 radical (unpaired) electrons. The molecule has 0 aliphatic heterocycles. The Bertz CT molecular complexity index is 830. The lowest BCUT2D eigenvalue weighted by Gasteiger charge is -2.11. The first-order valence-electron chi connectivity index (χ1n) is 7.09. The van der Waals surface area contributed by atoms with E-state index in [1.807, 2.05) is 0 Å². The number of allylic oxidation sites excluding steroid dienone is 1. The lowest BCUT2D eigenvalue weighted by Crippen LogP contribution is -2.29. The molecule has 0 aliphatic rings. The van der Waals surface area contributed by atoms with Gasteiger partial charge in [-0.15, -0.1) is 0 Å². The quantitative estimate of drug-likeness (QED) is 0.566. The van der Waals surface area contributed by atoms with Crippen LogP contribution in [0.4, 0.5) is 8.78 Å². The third-order valence-electron chi connectivity index (χ3n) is 3.16. The minimum Gasteiger partial charge on any atom is -0.546 e. The van der Waals surface area contributed by atoms with E-state index in [0.717, 1.165) is 18.2 Å². The van der Waals surface area contributed by atoms with Gasteiger partial charge in [0.2, 0.25) is 0 Å². The smallest absolute Gasteiger partial charge is 0.188 e. The van der Waals surface area contributed by atoms with E-state index in [1.54, 1.807) is 6.07 Å². The van der Waals surface area contributed by atoms with Crippen LogP contribution in [0.15, 0.2) is 42.5 Å². The highest BCUT2D eigenvalue weighted by Crippen LogP contribution is 2.28. The second-order valence-electron chi connectivity index (χ2n) is 4.89. The highest BCUT2D eigenvalue weighted by Gasteiger charge is 2.10. The largest absolute Gasteiger partial charge is 0.546 e. The number of ketones is 1. The van der Waals surface area contributed by atoms with Gasteiger partial charge >= 0.3 is 0 Å². The maximum absolute atomic E-state index is 13.6. The third kappa shape index (κ3) is 4.87. The number of rotatable bonds is 7. The number of carboxylic acids is 1. The fraction of sp³-hybridized carbons (Fsp3) is 0.111. The Morgan fingerprint density at radius 3 is 2.52 bits per heavy atom. The Kier molecular flexibility index (Phi) is 5.84. The summed E-state index contributed by atoms with van der Waals surface area (Å²) in [5, 5.41) is 10.4. The molecule has 2 aromatic carbocycles. The summed E-state index contributed by atoms with van der Waals surface area (Å²) in [6.45, 7) is -0.631. The van der Waals surface area contributed by atoms with Crippen LogP contribution in [-0.4, -0.2) is 25.5 Å². The number of carboxylic acid groups (broad SMARTS) is 1. The highest BCUT2D eigenvalue weighted by molar-refractivity contribution is 6.07. The topological polar surface area (TPSA) is 75.7 Å². The van der Waals surface area contributed by atoms with E-state index < -0.39 is 30.0 Å². The number of hydrogen-bond acceptors (Lipinski definition) is 5.